The van der Waals surface area contributed by atoms with Gasteiger partial charge in [0.2, 0.25) is 15.9 Å². The molecule has 7 heteroatoms. The molecule has 1 N–H and O–H groups in total. The number of amides is 1. The maximum Gasteiger partial charge on any atom is 0.240 e. The van der Waals surface area contributed by atoms with Crippen LogP contribution in [0.15, 0.2) is 39.9 Å². The van der Waals surface area contributed by atoms with Gasteiger partial charge in [-0.2, -0.15) is 11.3 Å². The summed E-state index contributed by atoms with van der Waals surface area (Å²) in [5.74, 6) is -0.0224. The lowest BCUT2D eigenvalue weighted by Crippen LogP contribution is -2.23. The smallest absolute Gasteiger partial charge is 0.240 e. The average molecular weight is 322 g/mol. The van der Waals surface area contributed by atoms with Crippen molar-refractivity contribution in [2.24, 2.45) is 0 Å². The zero-order valence-corrected chi connectivity index (χ0v) is 13.0. The van der Waals surface area contributed by atoms with Crippen molar-refractivity contribution in [2.75, 3.05) is 11.9 Å². The van der Waals surface area contributed by atoms with E-state index in [-0.39, 0.29) is 23.8 Å². The maximum atomic E-state index is 12.3. The molecule has 0 saturated carbocycles. The fraction of sp³-hybridized carbons (Fsp3) is 0.214. The van der Waals surface area contributed by atoms with Gasteiger partial charge in [0.05, 0.1) is 11.3 Å². The monoisotopic (exact) mass is 322 g/mol. The van der Waals surface area contributed by atoms with E-state index in [1.807, 2.05) is 16.8 Å². The largest absolute Gasteiger partial charge is 0.315 e. The highest BCUT2D eigenvalue weighted by Crippen LogP contribution is 2.29. The first kappa shape index (κ1) is 14.2. The number of hydrogen-bond donors (Lipinski definition) is 1. The van der Waals surface area contributed by atoms with E-state index >= 15 is 0 Å². The summed E-state index contributed by atoms with van der Waals surface area (Å²) in [5.41, 5.74) is 2.46. The molecule has 0 saturated heterocycles. The Morgan fingerprint density at radius 3 is 2.86 bits per heavy atom. The standard InChI is InChI=1S/C14H14N2O3S2/c1-16-13-3-2-12(6-11(13)7-14(16)17)21(18,19)15-8-10-4-5-20-9-10/h2-6,9,15H,7-8H2,1H3. The van der Waals surface area contributed by atoms with Crippen molar-refractivity contribution < 1.29 is 13.2 Å². The van der Waals surface area contributed by atoms with Crippen LogP contribution in [0.4, 0.5) is 5.69 Å². The first-order valence-corrected chi connectivity index (χ1v) is 8.80. The summed E-state index contributed by atoms with van der Waals surface area (Å²) in [4.78, 5) is 13.4. The lowest BCUT2D eigenvalue weighted by molar-refractivity contribution is -0.117. The zero-order valence-electron chi connectivity index (χ0n) is 11.4. The first-order chi connectivity index (χ1) is 9.97. The van der Waals surface area contributed by atoms with Crippen molar-refractivity contribution >= 4 is 33.0 Å². The normalized spacial score (nSPS) is 14.5. The number of benzene rings is 1. The van der Waals surface area contributed by atoms with Gasteiger partial charge in [-0.05, 0) is 46.2 Å². The molecule has 2 aromatic rings. The zero-order chi connectivity index (χ0) is 15.0. The van der Waals surface area contributed by atoms with Crippen LogP contribution in [0.2, 0.25) is 0 Å². The number of sulfonamides is 1. The molecular weight excluding hydrogens is 308 g/mol. The van der Waals surface area contributed by atoms with Crippen molar-refractivity contribution in [3.63, 3.8) is 0 Å². The molecule has 1 aromatic carbocycles. The molecule has 2 heterocycles. The van der Waals surface area contributed by atoms with Gasteiger partial charge in [0, 0.05) is 19.3 Å². The molecule has 110 valence electrons. The van der Waals surface area contributed by atoms with Crippen molar-refractivity contribution in [3.05, 3.63) is 46.2 Å². The second-order valence-corrected chi connectivity index (χ2v) is 7.42. The summed E-state index contributed by atoms with van der Waals surface area (Å²) in [6.07, 6.45) is 0.250. The lowest BCUT2D eigenvalue weighted by Gasteiger charge is -2.11. The average Bonchev–Trinajstić information content (AvgIpc) is 3.06. The molecule has 5 nitrogen and oxygen atoms in total. The van der Waals surface area contributed by atoms with Gasteiger partial charge in [-0.15, -0.1) is 0 Å². The molecular formula is C14H14N2O3S2. The molecule has 1 aromatic heterocycles. The van der Waals surface area contributed by atoms with Crippen molar-refractivity contribution in [1.29, 1.82) is 0 Å². The number of rotatable bonds is 4. The number of thiophene rings is 1. The van der Waals surface area contributed by atoms with Crippen molar-refractivity contribution in [3.8, 4) is 0 Å². The Morgan fingerprint density at radius 2 is 2.14 bits per heavy atom. The van der Waals surface area contributed by atoms with E-state index in [0.29, 0.717) is 0 Å². The second-order valence-electron chi connectivity index (χ2n) is 4.88. The van der Waals surface area contributed by atoms with Gasteiger partial charge in [-0.25, -0.2) is 13.1 Å². The van der Waals surface area contributed by atoms with Crippen LogP contribution in [0.5, 0.6) is 0 Å². The van der Waals surface area contributed by atoms with Crippen LogP contribution >= 0.6 is 11.3 Å². The third-order valence-corrected chi connectivity index (χ3v) is 5.62. The van der Waals surface area contributed by atoms with Crippen LogP contribution in [0, 0.1) is 0 Å². The Bertz CT molecular complexity index is 783. The van der Waals surface area contributed by atoms with Crippen LogP contribution < -0.4 is 9.62 Å². The van der Waals surface area contributed by atoms with E-state index in [9.17, 15) is 13.2 Å². The van der Waals surface area contributed by atoms with Crippen LogP contribution in [0.3, 0.4) is 0 Å². The number of fused-ring (bicyclic) bond motifs is 1. The predicted molar refractivity (Wildman–Crippen MR) is 81.9 cm³/mol. The number of carbonyl (C=O) groups excluding carboxylic acids is 1. The Kier molecular flexibility index (Phi) is 3.56. The van der Waals surface area contributed by atoms with Gasteiger partial charge >= 0.3 is 0 Å². The van der Waals surface area contributed by atoms with Gasteiger partial charge in [-0.1, -0.05) is 0 Å². The van der Waals surface area contributed by atoms with E-state index in [1.54, 1.807) is 24.1 Å². The highest BCUT2D eigenvalue weighted by molar-refractivity contribution is 7.89. The molecule has 21 heavy (non-hydrogen) atoms. The fourth-order valence-corrected chi connectivity index (χ4v) is 4.01. The number of nitrogens with zero attached hydrogens (tertiary/aromatic N) is 1. The van der Waals surface area contributed by atoms with E-state index in [2.05, 4.69) is 4.72 Å². The van der Waals surface area contributed by atoms with E-state index < -0.39 is 10.0 Å². The van der Waals surface area contributed by atoms with E-state index in [4.69, 9.17) is 0 Å². The highest BCUT2D eigenvalue weighted by atomic mass is 32.2. The van der Waals surface area contributed by atoms with Gasteiger partial charge in [0.1, 0.15) is 0 Å². The summed E-state index contributed by atoms with van der Waals surface area (Å²) < 4.78 is 27.1. The van der Waals surface area contributed by atoms with E-state index in [1.165, 1.54) is 17.4 Å². The minimum absolute atomic E-state index is 0.0224. The molecule has 0 spiro atoms. The molecule has 0 bridgehead atoms. The summed E-state index contributed by atoms with van der Waals surface area (Å²) in [6, 6.07) is 6.67. The van der Waals surface area contributed by atoms with Crippen molar-refractivity contribution in [1.82, 2.24) is 4.72 Å². The highest BCUT2D eigenvalue weighted by Gasteiger charge is 2.26. The molecule has 0 fully saturated rings. The third kappa shape index (κ3) is 2.72. The molecule has 1 aliphatic rings. The minimum Gasteiger partial charge on any atom is -0.315 e. The van der Waals surface area contributed by atoms with Crippen LogP contribution in [-0.4, -0.2) is 21.4 Å². The summed E-state index contributed by atoms with van der Waals surface area (Å²) >= 11 is 1.52. The van der Waals surface area contributed by atoms with Crippen LogP contribution in [0.1, 0.15) is 11.1 Å². The Hall–Kier alpha value is -1.70. The van der Waals surface area contributed by atoms with Gasteiger partial charge in [-0.3, -0.25) is 4.79 Å². The minimum atomic E-state index is -3.57. The predicted octanol–water partition coefficient (Wildman–Crippen LogP) is 1.75. The Labute approximate surface area is 127 Å². The SMILES string of the molecule is CN1C(=O)Cc2cc(S(=O)(=O)NCc3ccsc3)ccc21. The van der Waals surface area contributed by atoms with Crippen molar-refractivity contribution in [2.45, 2.75) is 17.9 Å². The van der Waals surface area contributed by atoms with Crippen LogP contribution in [0.25, 0.3) is 0 Å². The Morgan fingerprint density at radius 1 is 1.33 bits per heavy atom. The number of hydrogen-bond acceptors (Lipinski definition) is 4. The van der Waals surface area contributed by atoms with Crippen LogP contribution in [-0.2, 0) is 27.8 Å². The first-order valence-electron chi connectivity index (χ1n) is 6.37. The van der Waals surface area contributed by atoms with Gasteiger partial charge in [0.15, 0.2) is 0 Å². The molecule has 1 aliphatic heterocycles. The molecule has 1 amide bonds. The quantitative estimate of drug-likeness (QED) is 0.932. The number of likely N-dealkylation sites (N-methyl/N-ethyl adjacent to an activating group) is 1. The molecule has 0 aliphatic carbocycles. The van der Waals surface area contributed by atoms with Gasteiger partial charge < -0.3 is 4.90 Å². The molecule has 3 rings (SSSR count). The van der Waals surface area contributed by atoms with Gasteiger partial charge in [0.25, 0.3) is 0 Å². The van der Waals surface area contributed by atoms with E-state index in [0.717, 1.165) is 16.8 Å². The molecule has 0 atom stereocenters. The third-order valence-electron chi connectivity index (χ3n) is 3.48. The number of nitrogens with one attached hydrogen (secondary N) is 1. The topological polar surface area (TPSA) is 66.5 Å². The molecule has 0 radical (unpaired) electrons. The summed E-state index contributed by atoms with van der Waals surface area (Å²) in [6.45, 7) is 0.266. The number of anilines is 1. The summed E-state index contributed by atoms with van der Waals surface area (Å²) in [5, 5.41) is 3.80. The maximum absolute atomic E-state index is 12.3. The number of carbonyl (C=O) groups is 1. The lowest BCUT2D eigenvalue weighted by atomic mass is 10.2. The fourth-order valence-electron chi connectivity index (χ4n) is 2.27. The second kappa shape index (κ2) is 5.25. The molecule has 0 unspecified atom stereocenters. The Balaban J connectivity index is 1.83. The summed E-state index contributed by atoms with van der Waals surface area (Å²) in [7, 11) is -1.88.